The van der Waals surface area contributed by atoms with Gasteiger partial charge in [-0.15, -0.1) is 0 Å². The average molecular weight is 457 g/mol. The number of amides is 2. The molecule has 0 radical (unpaired) electrons. The molecule has 0 unspecified atom stereocenters. The summed E-state index contributed by atoms with van der Waals surface area (Å²) >= 11 is 0. The van der Waals surface area contributed by atoms with E-state index in [0.29, 0.717) is 60.1 Å². The molecule has 2 amide bonds. The summed E-state index contributed by atoms with van der Waals surface area (Å²) in [6.07, 6.45) is 3.40. The van der Waals surface area contributed by atoms with Crippen LogP contribution in [0.5, 0.6) is 5.75 Å². The zero-order valence-corrected chi connectivity index (χ0v) is 18.6. The van der Waals surface area contributed by atoms with Crippen molar-refractivity contribution in [2.24, 2.45) is 0 Å². The Kier molecular flexibility index (Phi) is 5.82. The molecule has 9 nitrogen and oxygen atoms in total. The number of nitrogens with one attached hydrogen (secondary N) is 1. The minimum Gasteiger partial charge on any atom is -0.497 e. The number of rotatable bonds is 5. The maximum atomic E-state index is 13.4. The number of aromatic nitrogens is 2. The van der Waals surface area contributed by atoms with Gasteiger partial charge in [-0.2, -0.15) is 0 Å². The number of furan rings is 1. The number of hydrogen-bond acceptors (Lipinski definition) is 7. The third-order valence-electron chi connectivity index (χ3n) is 5.78. The predicted molar refractivity (Wildman–Crippen MR) is 127 cm³/mol. The molecule has 1 N–H and O–H groups in total. The van der Waals surface area contributed by atoms with E-state index in [1.54, 1.807) is 60.8 Å². The van der Waals surface area contributed by atoms with Crippen molar-refractivity contribution < 1.29 is 18.7 Å². The molecule has 0 aliphatic carbocycles. The number of para-hydroxylation sites is 1. The van der Waals surface area contributed by atoms with Crippen molar-refractivity contribution in [1.29, 1.82) is 0 Å². The molecule has 1 fully saturated rings. The number of methoxy groups -OCH3 is 1. The zero-order valence-electron chi connectivity index (χ0n) is 18.6. The first-order chi connectivity index (χ1) is 16.6. The van der Waals surface area contributed by atoms with Crippen molar-refractivity contribution in [3.8, 4) is 5.75 Å². The molecule has 0 spiro atoms. The largest absolute Gasteiger partial charge is 0.497 e. The predicted octanol–water partition coefficient (Wildman–Crippen LogP) is 3.45. The zero-order chi connectivity index (χ0) is 23.5. The third-order valence-corrected chi connectivity index (χ3v) is 5.78. The highest BCUT2D eigenvalue weighted by atomic mass is 16.5. The number of hydrogen-bond donors (Lipinski definition) is 1. The first-order valence-corrected chi connectivity index (χ1v) is 10.9. The molecule has 1 aliphatic rings. The smallest absolute Gasteiger partial charge is 0.291 e. The summed E-state index contributed by atoms with van der Waals surface area (Å²) in [6.45, 7) is 2.17. The third kappa shape index (κ3) is 4.15. The van der Waals surface area contributed by atoms with Gasteiger partial charge in [-0.25, -0.2) is 9.97 Å². The number of carbonyl (C=O) groups excluding carboxylic acids is 2. The summed E-state index contributed by atoms with van der Waals surface area (Å²) in [4.78, 5) is 38.7. The van der Waals surface area contributed by atoms with E-state index in [9.17, 15) is 9.59 Å². The van der Waals surface area contributed by atoms with Crippen LogP contribution in [0, 0.1) is 0 Å². The number of fused-ring (bicyclic) bond motifs is 1. The second-order valence-electron chi connectivity index (χ2n) is 7.81. The van der Waals surface area contributed by atoms with Crippen LogP contribution in [0.3, 0.4) is 0 Å². The summed E-state index contributed by atoms with van der Waals surface area (Å²) in [7, 11) is 1.57. The quantitative estimate of drug-likeness (QED) is 0.490. The van der Waals surface area contributed by atoms with Crippen LogP contribution in [0.25, 0.3) is 11.0 Å². The maximum Gasteiger partial charge on any atom is 0.291 e. The Bertz CT molecular complexity index is 1310. The number of anilines is 2. The maximum absolute atomic E-state index is 13.4. The standard InChI is InChI=1S/C25H23N5O4/c1-33-18-9-7-17(8-10-18)23(31)28-21-19-5-2-3-6-20(19)34-22(21)24(32)29-13-15-30(16-14-29)25-26-11-4-12-27-25/h2-12H,13-16H2,1H3,(H,28,31). The van der Waals surface area contributed by atoms with Crippen molar-refractivity contribution in [3.05, 3.63) is 78.3 Å². The Labute approximate surface area is 196 Å². The van der Waals surface area contributed by atoms with Crippen LogP contribution in [0.4, 0.5) is 11.6 Å². The molecule has 1 saturated heterocycles. The van der Waals surface area contributed by atoms with E-state index in [2.05, 4.69) is 15.3 Å². The van der Waals surface area contributed by atoms with E-state index >= 15 is 0 Å². The number of benzene rings is 2. The molecule has 34 heavy (non-hydrogen) atoms. The molecular weight excluding hydrogens is 434 g/mol. The number of carbonyl (C=O) groups is 2. The fourth-order valence-electron chi connectivity index (χ4n) is 3.96. The van der Waals surface area contributed by atoms with E-state index in [4.69, 9.17) is 9.15 Å². The second-order valence-corrected chi connectivity index (χ2v) is 7.81. The Morgan fingerprint density at radius 3 is 2.35 bits per heavy atom. The van der Waals surface area contributed by atoms with Crippen molar-refractivity contribution in [2.45, 2.75) is 0 Å². The highest BCUT2D eigenvalue weighted by Gasteiger charge is 2.29. The first-order valence-electron chi connectivity index (χ1n) is 10.9. The molecule has 4 aromatic rings. The van der Waals surface area contributed by atoms with E-state index < -0.39 is 0 Å². The highest BCUT2D eigenvalue weighted by molar-refractivity contribution is 6.14. The normalized spacial score (nSPS) is 13.7. The van der Waals surface area contributed by atoms with Crippen molar-refractivity contribution in [1.82, 2.24) is 14.9 Å². The molecule has 0 bridgehead atoms. The minimum absolute atomic E-state index is 0.118. The number of nitrogens with zero attached hydrogens (tertiary/aromatic N) is 4. The summed E-state index contributed by atoms with van der Waals surface area (Å²) in [5, 5.41) is 3.56. The van der Waals surface area contributed by atoms with E-state index in [1.807, 2.05) is 23.1 Å². The van der Waals surface area contributed by atoms with Crippen LogP contribution in [-0.2, 0) is 0 Å². The fourth-order valence-corrected chi connectivity index (χ4v) is 3.96. The Morgan fingerprint density at radius 1 is 0.941 bits per heavy atom. The molecule has 9 heteroatoms. The van der Waals surface area contributed by atoms with Gasteiger partial charge in [0.15, 0.2) is 0 Å². The molecular formula is C25H23N5O4. The van der Waals surface area contributed by atoms with Gasteiger partial charge in [0.2, 0.25) is 11.7 Å². The van der Waals surface area contributed by atoms with Gasteiger partial charge in [0.05, 0.1) is 7.11 Å². The van der Waals surface area contributed by atoms with Crippen LogP contribution in [-0.4, -0.2) is 60.0 Å². The van der Waals surface area contributed by atoms with Crippen LogP contribution in [0.1, 0.15) is 20.9 Å². The monoisotopic (exact) mass is 457 g/mol. The fraction of sp³-hybridized carbons (Fsp3) is 0.200. The Morgan fingerprint density at radius 2 is 1.65 bits per heavy atom. The van der Waals surface area contributed by atoms with E-state index in [0.717, 1.165) is 0 Å². The van der Waals surface area contributed by atoms with Gasteiger partial charge < -0.3 is 24.3 Å². The number of ether oxygens (including phenoxy) is 1. The van der Waals surface area contributed by atoms with Gasteiger partial charge in [0.1, 0.15) is 17.0 Å². The molecule has 0 saturated carbocycles. The molecule has 0 atom stereocenters. The van der Waals surface area contributed by atoms with E-state index in [-0.39, 0.29) is 17.6 Å². The lowest BCUT2D eigenvalue weighted by molar-refractivity contribution is 0.0718. The lowest BCUT2D eigenvalue weighted by atomic mass is 10.1. The van der Waals surface area contributed by atoms with Crippen LogP contribution < -0.4 is 15.0 Å². The van der Waals surface area contributed by atoms with Gasteiger partial charge in [-0.3, -0.25) is 9.59 Å². The summed E-state index contributed by atoms with van der Waals surface area (Å²) < 4.78 is 11.1. The molecule has 5 rings (SSSR count). The average Bonchev–Trinajstić information content (AvgIpc) is 3.27. The van der Waals surface area contributed by atoms with Crippen LogP contribution in [0.15, 0.2) is 71.4 Å². The number of piperazine rings is 1. The van der Waals surface area contributed by atoms with Crippen molar-refractivity contribution >= 4 is 34.4 Å². The van der Waals surface area contributed by atoms with Gasteiger partial charge in [-0.1, -0.05) is 12.1 Å². The van der Waals surface area contributed by atoms with Gasteiger partial charge in [-0.05, 0) is 42.5 Å². The van der Waals surface area contributed by atoms with E-state index in [1.165, 1.54) is 0 Å². The highest BCUT2D eigenvalue weighted by Crippen LogP contribution is 2.32. The van der Waals surface area contributed by atoms with Crippen LogP contribution >= 0.6 is 0 Å². The lowest BCUT2D eigenvalue weighted by Crippen LogP contribution is -2.49. The minimum atomic E-state index is -0.339. The Hall–Kier alpha value is -4.40. The molecule has 2 aromatic carbocycles. The summed E-state index contributed by atoms with van der Waals surface area (Å²) in [5.41, 5.74) is 1.35. The Balaban J connectivity index is 1.38. The van der Waals surface area contributed by atoms with Gasteiger partial charge in [0.25, 0.3) is 11.8 Å². The molecule has 172 valence electrons. The van der Waals surface area contributed by atoms with Crippen molar-refractivity contribution in [2.75, 3.05) is 43.5 Å². The molecule has 1 aliphatic heterocycles. The first kappa shape index (κ1) is 21.4. The van der Waals surface area contributed by atoms with Crippen LogP contribution in [0.2, 0.25) is 0 Å². The van der Waals surface area contributed by atoms with Gasteiger partial charge in [0, 0.05) is 49.5 Å². The van der Waals surface area contributed by atoms with Crippen molar-refractivity contribution in [3.63, 3.8) is 0 Å². The van der Waals surface area contributed by atoms with Gasteiger partial charge >= 0.3 is 0 Å². The summed E-state index contributed by atoms with van der Waals surface area (Å²) in [6, 6.07) is 15.8. The molecule has 2 aromatic heterocycles. The summed E-state index contributed by atoms with van der Waals surface area (Å²) in [5.74, 6) is 0.809. The second kappa shape index (κ2) is 9.22. The lowest BCUT2D eigenvalue weighted by Gasteiger charge is -2.34. The SMILES string of the molecule is COc1ccc(C(=O)Nc2c(C(=O)N3CCN(c4ncccn4)CC3)oc3ccccc23)cc1. The topological polar surface area (TPSA) is 101 Å². The molecule has 3 heterocycles.